The van der Waals surface area contributed by atoms with E-state index >= 15 is 0 Å². The van der Waals surface area contributed by atoms with Crippen LogP contribution in [0.15, 0.2) is 54.6 Å². The van der Waals surface area contributed by atoms with Crippen LogP contribution in [0.2, 0.25) is 0 Å². The van der Waals surface area contributed by atoms with E-state index < -0.39 is 0 Å². The van der Waals surface area contributed by atoms with E-state index in [9.17, 15) is 9.18 Å². The van der Waals surface area contributed by atoms with Crippen LogP contribution in [-0.4, -0.2) is 41.6 Å². The van der Waals surface area contributed by atoms with Gasteiger partial charge in [0.2, 0.25) is 0 Å². The van der Waals surface area contributed by atoms with Crippen LogP contribution in [0, 0.1) is 5.82 Å². The maximum atomic E-state index is 13.6. The third-order valence-corrected chi connectivity index (χ3v) is 4.67. The minimum Gasteiger partial charge on any atom is -0.335 e. The molecule has 0 bridgehead atoms. The van der Waals surface area contributed by atoms with Gasteiger partial charge in [-0.15, -0.1) is 0 Å². The van der Waals surface area contributed by atoms with Crippen molar-refractivity contribution in [3.63, 3.8) is 0 Å². The van der Waals surface area contributed by atoms with Gasteiger partial charge in [-0.05, 0) is 29.8 Å². The van der Waals surface area contributed by atoms with Crippen LogP contribution in [0.4, 0.5) is 4.39 Å². The predicted molar refractivity (Wildman–Crippen MR) is 96.2 cm³/mol. The van der Waals surface area contributed by atoms with Crippen LogP contribution >= 0.6 is 0 Å². The Bertz CT molecular complexity index is 898. The summed E-state index contributed by atoms with van der Waals surface area (Å²) in [6.07, 6.45) is 0. The molecule has 1 amide bonds. The topological polar surface area (TPSA) is 37.3 Å². The number of hydrogen-bond donors (Lipinski definition) is 1. The standard InChI is InChI=1S/C20H20FN3O/c21-17-6-7-18-16(12-17)13-19(20(25)23-10-8-22-9-11-23)24(18)14-15-4-2-1-3-5-15/h1-7,12-13,22H,8-11,14H2. The number of carbonyl (C=O) groups is 1. The first-order valence-electron chi connectivity index (χ1n) is 8.55. The van der Waals surface area contributed by atoms with Crippen molar-refractivity contribution >= 4 is 16.8 Å². The van der Waals surface area contributed by atoms with Crippen molar-refractivity contribution in [2.75, 3.05) is 26.2 Å². The van der Waals surface area contributed by atoms with E-state index in [1.807, 2.05) is 45.9 Å². The SMILES string of the molecule is O=C(c1cc2cc(F)ccc2n1Cc1ccccc1)N1CCNCC1. The van der Waals surface area contributed by atoms with Gasteiger partial charge in [0.05, 0.1) is 0 Å². The average molecular weight is 337 g/mol. The van der Waals surface area contributed by atoms with Crippen molar-refractivity contribution in [3.05, 3.63) is 71.7 Å². The third-order valence-electron chi connectivity index (χ3n) is 4.67. The highest BCUT2D eigenvalue weighted by Crippen LogP contribution is 2.24. The van der Waals surface area contributed by atoms with Crippen LogP contribution in [-0.2, 0) is 6.54 Å². The average Bonchev–Trinajstić information content (AvgIpc) is 3.00. The molecule has 1 aromatic heterocycles. The lowest BCUT2D eigenvalue weighted by Gasteiger charge is -2.27. The molecule has 4 rings (SSSR count). The largest absolute Gasteiger partial charge is 0.335 e. The molecule has 2 aromatic carbocycles. The van der Waals surface area contributed by atoms with Crippen LogP contribution in [0.1, 0.15) is 16.1 Å². The van der Waals surface area contributed by atoms with Gasteiger partial charge in [0.15, 0.2) is 0 Å². The Morgan fingerprint density at radius 1 is 1.04 bits per heavy atom. The van der Waals surface area contributed by atoms with Crippen LogP contribution < -0.4 is 5.32 Å². The molecule has 0 aliphatic carbocycles. The molecule has 25 heavy (non-hydrogen) atoms. The van der Waals surface area contributed by atoms with Gasteiger partial charge < -0.3 is 14.8 Å². The lowest BCUT2D eigenvalue weighted by molar-refractivity contribution is 0.0726. The number of fused-ring (bicyclic) bond motifs is 1. The van der Waals surface area contributed by atoms with Gasteiger partial charge in [-0.25, -0.2) is 4.39 Å². The van der Waals surface area contributed by atoms with Crippen molar-refractivity contribution in [2.24, 2.45) is 0 Å². The van der Waals surface area contributed by atoms with Crippen molar-refractivity contribution in [2.45, 2.75) is 6.54 Å². The summed E-state index contributed by atoms with van der Waals surface area (Å²) < 4.78 is 15.6. The number of hydrogen-bond acceptors (Lipinski definition) is 2. The minimum atomic E-state index is -0.287. The number of aromatic nitrogens is 1. The van der Waals surface area contributed by atoms with E-state index in [0.29, 0.717) is 25.3 Å². The number of carbonyl (C=O) groups excluding carboxylic acids is 1. The molecule has 0 atom stereocenters. The van der Waals surface area contributed by atoms with E-state index in [1.54, 1.807) is 6.07 Å². The molecule has 1 saturated heterocycles. The molecular weight excluding hydrogens is 317 g/mol. The second-order valence-electron chi connectivity index (χ2n) is 6.35. The summed E-state index contributed by atoms with van der Waals surface area (Å²) in [7, 11) is 0. The Kier molecular flexibility index (Phi) is 4.24. The Balaban J connectivity index is 1.78. The fourth-order valence-corrected chi connectivity index (χ4v) is 3.39. The summed E-state index contributed by atoms with van der Waals surface area (Å²) >= 11 is 0. The number of benzene rings is 2. The molecular formula is C20H20FN3O. The molecule has 0 saturated carbocycles. The first kappa shape index (κ1) is 15.8. The van der Waals surface area contributed by atoms with Crippen LogP contribution in [0.25, 0.3) is 10.9 Å². The highest BCUT2D eigenvalue weighted by Gasteiger charge is 2.23. The van der Waals surface area contributed by atoms with Crippen LogP contribution in [0.5, 0.6) is 0 Å². The minimum absolute atomic E-state index is 0.00837. The molecule has 1 aliphatic heterocycles. The number of piperazine rings is 1. The third kappa shape index (κ3) is 3.15. The van der Waals surface area contributed by atoms with Gasteiger partial charge in [0.1, 0.15) is 11.5 Å². The zero-order chi connectivity index (χ0) is 17.2. The number of nitrogens with zero attached hydrogens (tertiary/aromatic N) is 2. The molecule has 1 aliphatic rings. The van der Waals surface area contributed by atoms with E-state index in [1.165, 1.54) is 12.1 Å². The Morgan fingerprint density at radius 3 is 2.56 bits per heavy atom. The van der Waals surface area contributed by atoms with Crippen molar-refractivity contribution in [1.29, 1.82) is 0 Å². The van der Waals surface area contributed by atoms with E-state index in [0.717, 1.165) is 29.6 Å². The van der Waals surface area contributed by atoms with Gasteiger partial charge in [-0.2, -0.15) is 0 Å². The monoisotopic (exact) mass is 337 g/mol. The first-order chi connectivity index (χ1) is 12.2. The van der Waals surface area contributed by atoms with Crippen molar-refractivity contribution in [1.82, 2.24) is 14.8 Å². The second kappa shape index (κ2) is 6.69. The fraction of sp³-hybridized carbons (Fsp3) is 0.250. The summed E-state index contributed by atoms with van der Waals surface area (Å²) in [6.45, 7) is 3.59. The number of nitrogens with one attached hydrogen (secondary N) is 1. The Labute approximate surface area is 145 Å². The zero-order valence-corrected chi connectivity index (χ0v) is 13.9. The molecule has 1 N–H and O–H groups in total. The van der Waals surface area contributed by atoms with Gasteiger partial charge in [0, 0.05) is 43.6 Å². The maximum Gasteiger partial charge on any atom is 0.270 e. The van der Waals surface area contributed by atoms with Crippen molar-refractivity contribution < 1.29 is 9.18 Å². The lowest BCUT2D eigenvalue weighted by atomic mass is 10.2. The van der Waals surface area contributed by atoms with E-state index in [-0.39, 0.29) is 11.7 Å². The van der Waals surface area contributed by atoms with Gasteiger partial charge in [0.25, 0.3) is 5.91 Å². The highest BCUT2D eigenvalue weighted by molar-refractivity contribution is 5.99. The van der Waals surface area contributed by atoms with Gasteiger partial charge >= 0.3 is 0 Å². The second-order valence-corrected chi connectivity index (χ2v) is 6.35. The number of amides is 1. The molecule has 4 nitrogen and oxygen atoms in total. The summed E-state index contributed by atoms with van der Waals surface area (Å²) in [4.78, 5) is 14.9. The molecule has 1 fully saturated rings. The maximum absolute atomic E-state index is 13.6. The summed E-state index contributed by atoms with van der Waals surface area (Å²) in [5.74, 6) is -0.278. The molecule has 2 heterocycles. The lowest BCUT2D eigenvalue weighted by Crippen LogP contribution is -2.46. The molecule has 0 radical (unpaired) electrons. The van der Waals surface area contributed by atoms with Gasteiger partial charge in [-0.1, -0.05) is 30.3 Å². The van der Waals surface area contributed by atoms with Crippen molar-refractivity contribution in [3.8, 4) is 0 Å². The normalized spacial score (nSPS) is 14.8. The van der Waals surface area contributed by atoms with Crippen LogP contribution in [0.3, 0.4) is 0 Å². The van der Waals surface area contributed by atoms with E-state index in [2.05, 4.69) is 5.32 Å². The summed E-state index contributed by atoms with van der Waals surface area (Å²) in [6, 6.07) is 16.5. The number of halogens is 1. The molecule has 3 aromatic rings. The highest BCUT2D eigenvalue weighted by atomic mass is 19.1. The fourth-order valence-electron chi connectivity index (χ4n) is 3.39. The van der Waals surface area contributed by atoms with E-state index in [4.69, 9.17) is 0 Å². The molecule has 5 heteroatoms. The molecule has 128 valence electrons. The Morgan fingerprint density at radius 2 is 1.80 bits per heavy atom. The Hall–Kier alpha value is -2.66. The predicted octanol–water partition coefficient (Wildman–Crippen LogP) is 2.87. The quantitative estimate of drug-likeness (QED) is 0.798. The summed E-state index contributed by atoms with van der Waals surface area (Å²) in [5.41, 5.74) is 2.61. The molecule has 0 spiro atoms. The first-order valence-corrected chi connectivity index (χ1v) is 8.55. The zero-order valence-electron chi connectivity index (χ0n) is 13.9. The molecule has 0 unspecified atom stereocenters. The number of rotatable bonds is 3. The smallest absolute Gasteiger partial charge is 0.270 e. The van der Waals surface area contributed by atoms with Gasteiger partial charge in [-0.3, -0.25) is 4.79 Å². The summed E-state index contributed by atoms with van der Waals surface area (Å²) in [5, 5.41) is 4.02.